The maximum atomic E-state index is 12.1. The number of thiazole rings is 1. The van der Waals surface area contributed by atoms with Crippen LogP contribution in [0.1, 0.15) is 10.4 Å². The summed E-state index contributed by atoms with van der Waals surface area (Å²) in [6.45, 7) is 0. The van der Waals surface area contributed by atoms with Crippen LogP contribution < -0.4 is 5.32 Å². The minimum atomic E-state index is -0.284. The lowest BCUT2D eigenvalue weighted by molar-refractivity contribution is 0.102. The molecule has 3 nitrogen and oxygen atoms in total. The molecule has 0 bridgehead atoms. The lowest BCUT2D eigenvalue weighted by atomic mass is 10.2. The third-order valence-electron chi connectivity index (χ3n) is 2.64. The van der Waals surface area contributed by atoms with E-state index in [4.69, 9.17) is 23.2 Å². The van der Waals surface area contributed by atoms with Gasteiger partial charge in [0.25, 0.3) is 5.91 Å². The largest absolute Gasteiger partial charge is 0.298 e. The quantitative estimate of drug-likeness (QED) is 0.732. The lowest BCUT2D eigenvalue weighted by Crippen LogP contribution is -2.11. The Morgan fingerprint density at radius 1 is 1.10 bits per heavy atom. The normalized spacial score (nSPS) is 10.7. The standard InChI is InChI=1S/C14H8Cl2N2OS/c15-9-5-8(6-10(16)7-9)13(19)18-14-17-11-3-1-2-4-12(11)20-14/h1-7H,(H,17,18,19). The van der Waals surface area contributed by atoms with Gasteiger partial charge in [-0.25, -0.2) is 4.98 Å². The van der Waals surface area contributed by atoms with Crippen molar-refractivity contribution in [3.8, 4) is 0 Å². The van der Waals surface area contributed by atoms with E-state index in [0.717, 1.165) is 10.2 Å². The zero-order valence-electron chi connectivity index (χ0n) is 10.1. The molecule has 0 saturated carbocycles. The zero-order valence-corrected chi connectivity index (χ0v) is 12.4. The molecule has 0 aliphatic heterocycles. The second kappa shape index (κ2) is 5.40. The average Bonchev–Trinajstić information content (AvgIpc) is 2.79. The van der Waals surface area contributed by atoms with Crippen molar-refractivity contribution in [3.05, 3.63) is 58.1 Å². The third kappa shape index (κ3) is 2.77. The second-order valence-electron chi connectivity index (χ2n) is 4.10. The van der Waals surface area contributed by atoms with Crippen molar-refractivity contribution in [2.75, 3.05) is 5.32 Å². The van der Waals surface area contributed by atoms with Crippen LogP contribution in [0, 0.1) is 0 Å². The zero-order chi connectivity index (χ0) is 14.1. The molecule has 0 radical (unpaired) electrons. The molecule has 6 heteroatoms. The SMILES string of the molecule is O=C(Nc1nc2ccccc2s1)c1cc(Cl)cc(Cl)c1. The van der Waals surface area contributed by atoms with E-state index in [0.29, 0.717) is 20.7 Å². The number of halogens is 2. The van der Waals surface area contributed by atoms with Gasteiger partial charge < -0.3 is 0 Å². The van der Waals surface area contributed by atoms with E-state index in [-0.39, 0.29) is 5.91 Å². The van der Waals surface area contributed by atoms with E-state index in [1.165, 1.54) is 11.3 Å². The minimum absolute atomic E-state index is 0.284. The van der Waals surface area contributed by atoms with Gasteiger partial charge in [-0.15, -0.1) is 0 Å². The number of anilines is 1. The predicted molar refractivity (Wildman–Crippen MR) is 84.0 cm³/mol. The number of benzene rings is 2. The summed E-state index contributed by atoms with van der Waals surface area (Å²) in [4.78, 5) is 16.5. The van der Waals surface area contributed by atoms with Crippen LogP contribution in [0.2, 0.25) is 10.0 Å². The van der Waals surface area contributed by atoms with E-state index >= 15 is 0 Å². The van der Waals surface area contributed by atoms with Crippen LogP contribution >= 0.6 is 34.5 Å². The number of nitrogens with zero attached hydrogens (tertiary/aromatic N) is 1. The molecule has 2 aromatic carbocycles. The third-order valence-corrected chi connectivity index (χ3v) is 4.03. The van der Waals surface area contributed by atoms with E-state index in [2.05, 4.69) is 10.3 Å². The Bertz CT molecular complexity index is 747. The van der Waals surface area contributed by atoms with Crippen molar-refractivity contribution in [1.29, 1.82) is 0 Å². The topological polar surface area (TPSA) is 42.0 Å². The summed E-state index contributed by atoms with van der Waals surface area (Å²) >= 11 is 13.2. The van der Waals surface area contributed by atoms with Crippen molar-refractivity contribution in [2.45, 2.75) is 0 Å². The van der Waals surface area contributed by atoms with Crippen LogP contribution in [0.4, 0.5) is 5.13 Å². The molecule has 0 aliphatic carbocycles. The van der Waals surface area contributed by atoms with Gasteiger partial charge in [-0.05, 0) is 30.3 Å². The first-order valence-electron chi connectivity index (χ1n) is 5.75. The van der Waals surface area contributed by atoms with E-state index < -0.39 is 0 Å². The Labute approximate surface area is 129 Å². The van der Waals surface area contributed by atoms with Crippen LogP contribution in [-0.4, -0.2) is 10.9 Å². The van der Waals surface area contributed by atoms with Gasteiger partial charge in [0, 0.05) is 15.6 Å². The number of hydrogen-bond donors (Lipinski definition) is 1. The van der Waals surface area contributed by atoms with Gasteiger partial charge in [-0.1, -0.05) is 46.7 Å². The van der Waals surface area contributed by atoms with Gasteiger partial charge >= 0.3 is 0 Å². The number of carbonyl (C=O) groups is 1. The van der Waals surface area contributed by atoms with Crippen molar-refractivity contribution in [1.82, 2.24) is 4.98 Å². The summed E-state index contributed by atoms with van der Waals surface area (Å²) in [7, 11) is 0. The van der Waals surface area contributed by atoms with Crippen molar-refractivity contribution in [2.24, 2.45) is 0 Å². The van der Waals surface area contributed by atoms with Crippen LogP contribution in [0.5, 0.6) is 0 Å². The first-order valence-corrected chi connectivity index (χ1v) is 7.32. The molecule has 0 spiro atoms. The Morgan fingerprint density at radius 2 is 1.80 bits per heavy atom. The Hall–Kier alpha value is -1.62. The van der Waals surface area contributed by atoms with Gasteiger partial charge in [-0.3, -0.25) is 10.1 Å². The maximum Gasteiger partial charge on any atom is 0.257 e. The number of amides is 1. The second-order valence-corrected chi connectivity index (χ2v) is 6.00. The molecule has 1 N–H and O–H groups in total. The van der Waals surface area contributed by atoms with Crippen molar-refractivity contribution in [3.63, 3.8) is 0 Å². The predicted octanol–water partition coefficient (Wildman–Crippen LogP) is 4.86. The van der Waals surface area contributed by atoms with Gasteiger partial charge in [-0.2, -0.15) is 0 Å². The number of fused-ring (bicyclic) bond motifs is 1. The molecule has 1 aromatic heterocycles. The molecule has 0 atom stereocenters. The number of para-hydroxylation sites is 1. The summed E-state index contributed by atoms with van der Waals surface area (Å²) in [6.07, 6.45) is 0. The summed E-state index contributed by atoms with van der Waals surface area (Å²) in [5, 5.41) is 4.15. The van der Waals surface area contributed by atoms with Crippen LogP contribution in [0.15, 0.2) is 42.5 Å². The molecule has 0 unspecified atom stereocenters. The molecule has 0 aliphatic rings. The molecule has 100 valence electrons. The molecule has 3 aromatic rings. The highest BCUT2D eigenvalue weighted by Gasteiger charge is 2.11. The minimum Gasteiger partial charge on any atom is -0.298 e. The molecule has 1 heterocycles. The first-order chi connectivity index (χ1) is 9.61. The Balaban J connectivity index is 1.88. The van der Waals surface area contributed by atoms with Gasteiger partial charge in [0.15, 0.2) is 5.13 Å². The number of carbonyl (C=O) groups excluding carboxylic acids is 1. The molecule has 3 rings (SSSR count). The van der Waals surface area contributed by atoms with Gasteiger partial charge in [0.2, 0.25) is 0 Å². The molecule has 0 saturated heterocycles. The van der Waals surface area contributed by atoms with Crippen molar-refractivity contribution < 1.29 is 4.79 Å². The number of hydrogen-bond acceptors (Lipinski definition) is 3. The molecular formula is C14H8Cl2N2OS. The monoisotopic (exact) mass is 322 g/mol. The fraction of sp³-hybridized carbons (Fsp3) is 0. The Kier molecular flexibility index (Phi) is 3.61. The molecular weight excluding hydrogens is 315 g/mol. The fourth-order valence-corrected chi connectivity index (χ4v) is 3.17. The highest BCUT2D eigenvalue weighted by Crippen LogP contribution is 2.26. The number of nitrogens with one attached hydrogen (secondary N) is 1. The van der Waals surface area contributed by atoms with Crippen LogP contribution in [0.25, 0.3) is 10.2 Å². The number of rotatable bonds is 2. The van der Waals surface area contributed by atoms with Crippen molar-refractivity contribution >= 4 is 55.8 Å². The first kappa shape index (κ1) is 13.4. The maximum absolute atomic E-state index is 12.1. The van der Waals surface area contributed by atoms with E-state index in [9.17, 15) is 4.79 Å². The lowest BCUT2D eigenvalue weighted by Gasteiger charge is -2.02. The number of aromatic nitrogens is 1. The summed E-state index contributed by atoms with van der Waals surface area (Å²) in [5.74, 6) is -0.284. The Morgan fingerprint density at radius 3 is 2.50 bits per heavy atom. The van der Waals surface area contributed by atoms with Gasteiger partial charge in [0.05, 0.1) is 10.2 Å². The average molecular weight is 323 g/mol. The van der Waals surface area contributed by atoms with Crippen LogP contribution in [-0.2, 0) is 0 Å². The highest BCUT2D eigenvalue weighted by atomic mass is 35.5. The van der Waals surface area contributed by atoms with Crippen LogP contribution in [0.3, 0.4) is 0 Å². The van der Waals surface area contributed by atoms with E-state index in [1.807, 2.05) is 24.3 Å². The van der Waals surface area contributed by atoms with Gasteiger partial charge in [0.1, 0.15) is 0 Å². The van der Waals surface area contributed by atoms with E-state index in [1.54, 1.807) is 18.2 Å². The molecule has 1 amide bonds. The highest BCUT2D eigenvalue weighted by molar-refractivity contribution is 7.22. The smallest absolute Gasteiger partial charge is 0.257 e. The molecule has 20 heavy (non-hydrogen) atoms. The summed E-state index contributed by atoms with van der Waals surface area (Å²) in [6, 6.07) is 12.4. The fourth-order valence-electron chi connectivity index (χ4n) is 1.78. The molecule has 0 fully saturated rings. The summed E-state index contributed by atoms with van der Waals surface area (Å²) < 4.78 is 1.02. The summed E-state index contributed by atoms with van der Waals surface area (Å²) in [5.41, 5.74) is 1.26.